The van der Waals surface area contributed by atoms with E-state index in [0.29, 0.717) is 46.4 Å². The lowest BCUT2D eigenvalue weighted by Crippen LogP contribution is -2.25. The van der Waals surface area contributed by atoms with Crippen molar-refractivity contribution in [3.63, 3.8) is 0 Å². The summed E-state index contributed by atoms with van der Waals surface area (Å²) in [6, 6.07) is 8.32. The number of sulfonamides is 1. The number of nitrogens with one attached hydrogen (secondary N) is 2. The molecule has 0 aliphatic heterocycles. The third kappa shape index (κ3) is 3.47. The lowest BCUT2D eigenvalue weighted by molar-refractivity contribution is 0.104. The number of H-pyrrole nitrogens is 1. The van der Waals surface area contributed by atoms with Crippen molar-refractivity contribution in [1.82, 2.24) is 9.97 Å². The normalized spacial score (nSPS) is 15.0. The zero-order valence-electron chi connectivity index (χ0n) is 15.4. The first-order valence-electron chi connectivity index (χ1n) is 9.15. The van der Waals surface area contributed by atoms with Gasteiger partial charge in [0.2, 0.25) is 10.0 Å². The van der Waals surface area contributed by atoms with E-state index < -0.39 is 10.0 Å². The van der Waals surface area contributed by atoms with Crippen LogP contribution in [0.15, 0.2) is 42.7 Å². The Morgan fingerprint density at radius 2 is 2.04 bits per heavy atom. The molecule has 4 rings (SSSR count). The third-order valence-corrected chi connectivity index (χ3v) is 6.98. The number of carbonyl (C=O) groups excluding carboxylic acids is 1. The van der Waals surface area contributed by atoms with Crippen LogP contribution < -0.4 is 9.46 Å². The summed E-state index contributed by atoms with van der Waals surface area (Å²) < 4.78 is 32.9. The van der Waals surface area contributed by atoms with Crippen molar-refractivity contribution in [3.8, 4) is 5.75 Å². The lowest BCUT2D eigenvalue weighted by Gasteiger charge is -2.14. The molecule has 28 heavy (non-hydrogen) atoms. The van der Waals surface area contributed by atoms with Crippen molar-refractivity contribution in [2.24, 2.45) is 0 Å². The number of aromatic nitrogens is 2. The van der Waals surface area contributed by atoms with Crippen LogP contribution in [0.25, 0.3) is 11.0 Å². The topological polar surface area (TPSA) is 101 Å². The number of ketones is 1. The van der Waals surface area contributed by atoms with Gasteiger partial charge in [0.05, 0.1) is 18.6 Å². The second-order valence-corrected chi connectivity index (χ2v) is 8.90. The molecule has 8 heteroatoms. The van der Waals surface area contributed by atoms with Gasteiger partial charge in [0.15, 0.2) is 5.78 Å². The van der Waals surface area contributed by atoms with E-state index in [1.807, 2.05) is 0 Å². The van der Waals surface area contributed by atoms with Gasteiger partial charge in [0.1, 0.15) is 11.4 Å². The molecule has 0 saturated heterocycles. The van der Waals surface area contributed by atoms with Gasteiger partial charge in [0, 0.05) is 28.4 Å². The second-order valence-electron chi connectivity index (χ2n) is 6.94. The zero-order valence-corrected chi connectivity index (χ0v) is 16.3. The van der Waals surface area contributed by atoms with Gasteiger partial charge in [-0.25, -0.2) is 13.4 Å². The Labute approximate surface area is 163 Å². The summed E-state index contributed by atoms with van der Waals surface area (Å²) in [6.45, 7) is 0. The van der Waals surface area contributed by atoms with Crippen molar-refractivity contribution in [1.29, 1.82) is 0 Å². The van der Waals surface area contributed by atoms with E-state index in [-0.39, 0.29) is 11.0 Å². The minimum atomic E-state index is -3.45. The number of carbonyl (C=O) groups is 1. The van der Waals surface area contributed by atoms with Crippen molar-refractivity contribution in [2.45, 2.75) is 30.9 Å². The summed E-state index contributed by atoms with van der Waals surface area (Å²) in [6.07, 6.45) is 6.40. The minimum absolute atomic E-state index is 0.219. The molecule has 3 aromatic rings. The first-order valence-corrected chi connectivity index (χ1v) is 10.7. The van der Waals surface area contributed by atoms with E-state index in [1.165, 1.54) is 7.11 Å². The number of benzene rings is 1. The highest BCUT2D eigenvalue weighted by atomic mass is 32.2. The van der Waals surface area contributed by atoms with Crippen LogP contribution in [0.4, 0.5) is 5.69 Å². The minimum Gasteiger partial charge on any atom is -0.495 e. The molecule has 7 nitrogen and oxygen atoms in total. The number of rotatable bonds is 6. The molecule has 0 amide bonds. The SMILES string of the molecule is COc1cnc2[nH]cc(C(=O)c3cccc(NS(=O)(=O)C4CCCC4)c3)c2c1. The Hall–Kier alpha value is -2.87. The smallest absolute Gasteiger partial charge is 0.235 e. The van der Waals surface area contributed by atoms with Gasteiger partial charge in [0.25, 0.3) is 0 Å². The number of anilines is 1. The first kappa shape index (κ1) is 18.5. The summed E-state index contributed by atoms with van der Waals surface area (Å²) >= 11 is 0. The third-order valence-electron chi connectivity index (χ3n) is 5.11. The van der Waals surface area contributed by atoms with E-state index in [4.69, 9.17) is 4.74 Å². The molecule has 0 atom stereocenters. The maximum atomic E-state index is 13.0. The molecule has 1 aliphatic rings. The molecule has 0 radical (unpaired) electrons. The Bertz CT molecular complexity index is 1130. The number of fused-ring (bicyclic) bond motifs is 1. The van der Waals surface area contributed by atoms with Gasteiger partial charge in [-0.05, 0) is 31.0 Å². The summed E-state index contributed by atoms with van der Waals surface area (Å²) in [5.41, 5.74) is 1.84. The van der Waals surface area contributed by atoms with E-state index >= 15 is 0 Å². The average Bonchev–Trinajstić information content (AvgIpc) is 3.37. The molecule has 1 saturated carbocycles. The van der Waals surface area contributed by atoms with E-state index in [0.717, 1.165) is 12.8 Å². The van der Waals surface area contributed by atoms with Crippen molar-refractivity contribution < 1.29 is 17.9 Å². The van der Waals surface area contributed by atoms with Crippen molar-refractivity contribution >= 4 is 32.5 Å². The van der Waals surface area contributed by atoms with Crippen LogP contribution >= 0.6 is 0 Å². The molecule has 1 fully saturated rings. The lowest BCUT2D eigenvalue weighted by atomic mass is 10.0. The maximum absolute atomic E-state index is 13.0. The number of nitrogens with zero attached hydrogens (tertiary/aromatic N) is 1. The summed E-state index contributed by atoms with van der Waals surface area (Å²) in [4.78, 5) is 20.2. The molecule has 0 spiro atoms. The average molecular weight is 399 g/mol. The van der Waals surface area contributed by atoms with Crippen LogP contribution in [0.2, 0.25) is 0 Å². The fraction of sp³-hybridized carbons (Fsp3) is 0.300. The van der Waals surface area contributed by atoms with Gasteiger partial charge in [-0.1, -0.05) is 25.0 Å². The molecular weight excluding hydrogens is 378 g/mol. The van der Waals surface area contributed by atoms with E-state index in [1.54, 1.807) is 42.7 Å². The first-order chi connectivity index (χ1) is 13.5. The van der Waals surface area contributed by atoms with Gasteiger partial charge in [-0.3, -0.25) is 9.52 Å². The van der Waals surface area contributed by atoms with Gasteiger partial charge >= 0.3 is 0 Å². The van der Waals surface area contributed by atoms with Crippen LogP contribution in [-0.2, 0) is 10.0 Å². The molecule has 2 N–H and O–H groups in total. The fourth-order valence-corrected chi connectivity index (χ4v) is 5.19. The van der Waals surface area contributed by atoms with Crippen LogP contribution in [0, 0.1) is 0 Å². The number of ether oxygens (including phenoxy) is 1. The van der Waals surface area contributed by atoms with Crippen molar-refractivity contribution in [2.75, 3.05) is 11.8 Å². The molecule has 1 aromatic carbocycles. The van der Waals surface area contributed by atoms with Crippen LogP contribution in [0.1, 0.15) is 41.6 Å². The van der Waals surface area contributed by atoms with E-state index in [9.17, 15) is 13.2 Å². The molecule has 1 aliphatic carbocycles. The van der Waals surface area contributed by atoms with Crippen molar-refractivity contribution in [3.05, 3.63) is 53.9 Å². The molecule has 2 aromatic heterocycles. The van der Waals surface area contributed by atoms with E-state index in [2.05, 4.69) is 14.7 Å². The highest BCUT2D eigenvalue weighted by Gasteiger charge is 2.28. The van der Waals surface area contributed by atoms with Gasteiger partial charge in [-0.15, -0.1) is 0 Å². The Balaban J connectivity index is 1.63. The predicted octanol–water partition coefficient (Wildman–Crippen LogP) is 3.49. The quantitative estimate of drug-likeness (QED) is 0.618. The predicted molar refractivity (Wildman–Crippen MR) is 107 cm³/mol. The number of hydrogen-bond donors (Lipinski definition) is 2. The molecule has 0 bridgehead atoms. The summed E-state index contributed by atoms with van der Waals surface area (Å²) in [5, 5.41) is 0.292. The largest absolute Gasteiger partial charge is 0.495 e. The molecule has 2 heterocycles. The zero-order chi connectivity index (χ0) is 19.7. The molecular formula is C20H21N3O4S. The Kier molecular flexibility index (Phi) is 4.80. The fourth-order valence-electron chi connectivity index (χ4n) is 3.61. The Morgan fingerprint density at radius 3 is 2.79 bits per heavy atom. The monoisotopic (exact) mass is 399 g/mol. The summed E-state index contributed by atoms with van der Waals surface area (Å²) in [5.74, 6) is 0.336. The number of pyridine rings is 1. The van der Waals surface area contributed by atoms with Crippen LogP contribution in [0.5, 0.6) is 5.75 Å². The summed E-state index contributed by atoms with van der Waals surface area (Å²) in [7, 11) is -1.91. The van der Waals surface area contributed by atoms with Gasteiger partial charge in [-0.2, -0.15) is 0 Å². The van der Waals surface area contributed by atoms with Gasteiger partial charge < -0.3 is 9.72 Å². The highest BCUT2D eigenvalue weighted by Crippen LogP contribution is 2.28. The number of aromatic amines is 1. The molecule has 0 unspecified atom stereocenters. The highest BCUT2D eigenvalue weighted by molar-refractivity contribution is 7.93. The maximum Gasteiger partial charge on any atom is 0.235 e. The second kappa shape index (κ2) is 7.27. The Morgan fingerprint density at radius 1 is 1.25 bits per heavy atom. The molecule has 146 valence electrons. The van der Waals surface area contributed by atoms with Crippen LogP contribution in [-0.4, -0.2) is 36.5 Å². The van der Waals surface area contributed by atoms with Crippen LogP contribution in [0.3, 0.4) is 0 Å². The number of hydrogen-bond acceptors (Lipinski definition) is 5. The standard InChI is InChI=1S/C20H21N3O4S/c1-27-15-10-17-18(12-22-20(17)21-11-15)19(24)13-5-4-6-14(9-13)23-28(25,26)16-7-2-3-8-16/h4-6,9-12,16,23H,2-3,7-8H2,1H3,(H,21,22). The number of methoxy groups -OCH3 is 1.